The van der Waals surface area contributed by atoms with Crippen molar-refractivity contribution < 1.29 is 33.4 Å². The van der Waals surface area contributed by atoms with Crippen LogP contribution < -0.4 is 10.1 Å². The molecule has 2 rings (SSSR count). The first-order valence-corrected chi connectivity index (χ1v) is 7.15. The van der Waals surface area contributed by atoms with E-state index in [0.717, 1.165) is 4.90 Å². The van der Waals surface area contributed by atoms with Crippen LogP contribution in [0.15, 0.2) is 30.0 Å². The molecule has 0 spiro atoms. The van der Waals surface area contributed by atoms with Gasteiger partial charge in [0.05, 0.1) is 14.2 Å². The highest BCUT2D eigenvalue weighted by Gasteiger charge is 2.35. The van der Waals surface area contributed by atoms with Gasteiger partial charge in [-0.3, -0.25) is 9.59 Å². The summed E-state index contributed by atoms with van der Waals surface area (Å²) in [4.78, 5) is 46.9. The second-order valence-corrected chi connectivity index (χ2v) is 4.89. The van der Waals surface area contributed by atoms with Gasteiger partial charge in [-0.05, 0) is 23.8 Å². The molecule has 9 heteroatoms. The molecular weight excluding hydrogens is 332 g/mol. The van der Waals surface area contributed by atoms with Crippen LogP contribution in [0.3, 0.4) is 0 Å². The molecule has 1 aromatic rings. The van der Waals surface area contributed by atoms with Crippen LogP contribution in [0.1, 0.15) is 5.56 Å². The van der Waals surface area contributed by atoms with Crippen molar-refractivity contribution in [1.82, 2.24) is 10.2 Å². The second kappa shape index (κ2) is 7.95. The van der Waals surface area contributed by atoms with Crippen LogP contribution in [0.25, 0.3) is 6.08 Å². The summed E-state index contributed by atoms with van der Waals surface area (Å²) < 4.78 is 14.1. The quantitative estimate of drug-likeness (QED) is 0.447. The Kier molecular flexibility index (Phi) is 5.72. The zero-order chi connectivity index (χ0) is 18.4. The van der Waals surface area contributed by atoms with Crippen molar-refractivity contribution in [3.05, 3.63) is 35.5 Å². The third-order valence-electron chi connectivity index (χ3n) is 3.25. The van der Waals surface area contributed by atoms with E-state index in [2.05, 4.69) is 14.8 Å². The van der Waals surface area contributed by atoms with Gasteiger partial charge < -0.3 is 19.5 Å². The fourth-order valence-corrected chi connectivity index (χ4v) is 1.94. The number of carbonyl (C=O) groups excluding carboxylic acids is 4. The van der Waals surface area contributed by atoms with Gasteiger partial charge in [-0.1, -0.05) is 12.1 Å². The van der Waals surface area contributed by atoms with Crippen molar-refractivity contribution in [3.63, 3.8) is 0 Å². The number of hydrogen-bond donors (Lipinski definition) is 1. The van der Waals surface area contributed by atoms with E-state index in [0.29, 0.717) is 11.3 Å². The molecule has 1 heterocycles. The van der Waals surface area contributed by atoms with Crippen molar-refractivity contribution in [2.75, 3.05) is 27.4 Å². The summed E-state index contributed by atoms with van der Waals surface area (Å²) in [6, 6.07) is 5.79. The third-order valence-corrected chi connectivity index (χ3v) is 3.25. The fourth-order valence-electron chi connectivity index (χ4n) is 1.94. The van der Waals surface area contributed by atoms with E-state index in [9.17, 15) is 19.2 Å². The molecule has 1 fully saturated rings. The van der Waals surface area contributed by atoms with Crippen LogP contribution in [0, 0.1) is 0 Å². The number of imide groups is 1. The third kappa shape index (κ3) is 4.56. The van der Waals surface area contributed by atoms with Crippen molar-refractivity contribution in [2.24, 2.45) is 0 Å². The predicted molar refractivity (Wildman–Crippen MR) is 84.2 cm³/mol. The Hall–Kier alpha value is -3.36. The Morgan fingerprint density at radius 2 is 1.72 bits per heavy atom. The molecule has 132 valence electrons. The molecule has 1 N–H and O–H groups in total. The maximum absolute atomic E-state index is 12.1. The SMILES string of the molecule is COC(=O)COc1ccc(C=C2NC(=O)N(CC(=O)OC)C2=O)cc1. The lowest BCUT2D eigenvalue weighted by Gasteiger charge is -2.09. The number of amides is 3. The van der Waals surface area contributed by atoms with Crippen LogP contribution in [-0.2, 0) is 23.9 Å². The van der Waals surface area contributed by atoms with E-state index < -0.39 is 30.4 Å². The summed E-state index contributed by atoms with van der Waals surface area (Å²) in [6.07, 6.45) is 1.46. The number of hydrogen-bond acceptors (Lipinski definition) is 7. The zero-order valence-corrected chi connectivity index (χ0v) is 13.6. The maximum Gasteiger partial charge on any atom is 0.343 e. The Morgan fingerprint density at radius 1 is 1.08 bits per heavy atom. The largest absolute Gasteiger partial charge is 0.482 e. The predicted octanol–water partition coefficient (Wildman–Crippen LogP) is 0.304. The molecule has 1 aromatic carbocycles. The van der Waals surface area contributed by atoms with Gasteiger partial charge in [0.2, 0.25) is 0 Å². The van der Waals surface area contributed by atoms with Crippen molar-refractivity contribution >= 4 is 30.0 Å². The number of urea groups is 1. The molecule has 25 heavy (non-hydrogen) atoms. The minimum Gasteiger partial charge on any atom is -0.482 e. The molecule has 0 unspecified atom stereocenters. The van der Waals surface area contributed by atoms with E-state index in [1.807, 2.05) is 0 Å². The topological polar surface area (TPSA) is 111 Å². The highest BCUT2D eigenvalue weighted by molar-refractivity contribution is 6.15. The van der Waals surface area contributed by atoms with Crippen LogP contribution in [0.5, 0.6) is 5.75 Å². The molecular formula is C16H16N2O7. The van der Waals surface area contributed by atoms with Gasteiger partial charge in [0.25, 0.3) is 5.91 Å². The first-order valence-electron chi connectivity index (χ1n) is 7.15. The summed E-state index contributed by atoms with van der Waals surface area (Å²) >= 11 is 0. The van der Waals surface area contributed by atoms with Crippen LogP contribution >= 0.6 is 0 Å². The number of methoxy groups -OCH3 is 2. The molecule has 0 atom stereocenters. The Balaban J connectivity index is 2.05. The lowest BCUT2D eigenvalue weighted by molar-refractivity contribution is -0.143. The molecule has 1 aliphatic rings. The number of esters is 2. The first kappa shape index (κ1) is 18.0. The van der Waals surface area contributed by atoms with Gasteiger partial charge in [-0.2, -0.15) is 0 Å². The Labute approximate surface area is 143 Å². The van der Waals surface area contributed by atoms with E-state index in [-0.39, 0.29) is 12.3 Å². The van der Waals surface area contributed by atoms with Crippen LogP contribution in [-0.4, -0.2) is 56.1 Å². The highest BCUT2D eigenvalue weighted by Crippen LogP contribution is 2.17. The lowest BCUT2D eigenvalue weighted by atomic mass is 10.2. The monoisotopic (exact) mass is 348 g/mol. The lowest BCUT2D eigenvalue weighted by Crippen LogP contribution is -2.36. The van der Waals surface area contributed by atoms with Gasteiger partial charge in [0.15, 0.2) is 6.61 Å². The average molecular weight is 348 g/mol. The molecule has 3 amide bonds. The number of rotatable bonds is 6. The van der Waals surface area contributed by atoms with E-state index in [1.54, 1.807) is 24.3 Å². The summed E-state index contributed by atoms with van der Waals surface area (Å²) in [7, 11) is 2.43. The minimum absolute atomic E-state index is 0.0390. The molecule has 0 radical (unpaired) electrons. The zero-order valence-electron chi connectivity index (χ0n) is 13.6. The number of ether oxygens (including phenoxy) is 3. The van der Waals surface area contributed by atoms with Gasteiger partial charge in [0, 0.05) is 0 Å². The molecule has 1 saturated heterocycles. The fraction of sp³-hybridized carbons (Fsp3) is 0.250. The summed E-state index contributed by atoms with van der Waals surface area (Å²) in [5.74, 6) is -1.38. The minimum atomic E-state index is -0.697. The molecule has 1 aliphatic heterocycles. The second-order valence-electron chi connectivity index (χ2n) is 4.89. The number of nitrogens with zero attached hydrogens (tertiary/aromatic N) is 1. The summed E-state index contributed by atoms with van der Waals surface area (Å²) in [5.41, 5.74) is 0.658. The number of benzene rings is 1. The Morgan fingerprint density at radius 3 is 2.32 bits per heavy atom. The van der Waals surface area contributed by atoms with Gasteiger partial charge >= 0.3 is 18.0 Å². The van der Waals surface area contributed by atoms with Crippen LogP contribution in [0.2, 0.25) is 0 Å². The first-order chi connectivity index (χ1) is 11.9. The standard InChI is InChI=1S/C16H16N2O7/c1-23-13(19)8-18-15(21)12(17-16(18)22)7-10-3-5-11(6-4-10)25-9-14(20)24-2/h3-7H,8-9H2,1-2H3,(H,17,22). The van der Waals surface area contributed by atoms with E-state index in [4.69, 9.17) is 4.74 Å². The molecule has 9 nitrogen and oxygen atoms in total. The number of carbonyl (C=O) groups is 4. The smallest absolute Gasteiger partial charge is 0.343 e. The summed E-state index contributed by atoms with van der Waals surface area (Å²) in [5, 5.41) is 2.39. The number of nitrogens with one attached hydrogen (secondary N) is 1. The molecule has 0 aromatic heterocycles. The molecule has 0 aliphatic carbocycles. The van der Waals surface area contributed by atoms with E-state index >= 15 is 0 Å². The van der Waals surface area contributed by atoms with Crippen LogP contribution in [0.4, 0.5) is 4.79 Å². The normalized spacial score (nSPS) is 15.1. The van der Waals surface area contributed by atoms with Crippen molar-refractivity contribution in [2.45, 2.75) is 0 Å². The van der Waals surface area contributed by atoms with Gasteiger partial charge in [0.1, 0.15) is 18.0 Å². The van der Waals surface area contributed by atoms with Crippen molar-refractivity contribution in [3.8, 4) is 5.75 Å². The summed E-state index contributed by atoms with van der Waals surface area (Å²) in [6.45, 7) is -0.674. The van der Waals surface area contributed by atoms with Gasteiger partial charge in [-0.25, -0.2) is 14.5 Å². The average Bonchev–Trinajstić information content (AvgIpc) is 2.88. The molecule has 0 saturated carbocycles. The van der Waals surface area contributed by atoms with E-state index in [1.165, 1.54) is 20.3 Å². The van der Waals surface area contributed by atoms with Crippen molar-refractivity contribution in [1.29, 1.82) is 0 Å². The molecule has 0 bridgehead atoms. The van der Waals surface area contributed by atoms with Gasteiger partial charge in [-0.15, -0.1) is 0 Å². The highest BCUT2D eigenvalue weighted by atomic mass is 16.6. The Bertz CT molecular complexity index is 725. The maximum atomic E-state index is 12.1.